The molecule has 4 nitrogen and oxygen atoms in total. The van der Waals surface area contributed by atoms with Crippen molar-refractivity contribution in [2.45, 2.75) is 32.0 Å². The Morgan fingerprint density at radius 3 is 1.96 bits per heavy atom. The van der Waals surface area contributed by atoms with Gasteiger partial charge in [-0.2, -0.15) is 0 Å². The molecule has 1 fully saturated rings. The minimum absolute atomic E-state index is 0.00411. The van der Waals surface area contributed by atoms with Crippen molar-refractivity contribution in [3.05, 3.63) is 71.8 Å². The zero-order valence-electron chi connectivity index (χ0n) is 14.7. The Morgan fingerprint density at radius 1 is 0.840 bits per heavy atom. The summed E-state index contributed by atoms with van der Waals surface area (Å²) in [5.74, 6) is 0.282. The van der Waals surface area contributed by atoms with Crippen molar-refractivity contribution in [1.82, 2.24) is 0 Å². The zero-order valence-corrected chi connectivity index (χ0v) is 14.7. The summed E-state index contributed by atoms with van der Waals surface area (Å²) < 4.78 is 23.1. The Hall–Kier alpha value is -1.72. The van der Waals surface area contributed by atoms with Crippen LogP contribution in [0.1, 0.15) is 17.5 Å². The molecule has 0 bridgehead atoms. The van der Waals surface area contributed by atoms with Gasteiger partial charge in [-0.15, -0.1) is 0 Å². The first-order chi connectivity index (χ1) is 12.3. The van der Waals surface area contributed by atoms with Crippen LogP contribution in [0.15, 0.2) is 60.7 Å². The molecule has 2 aromatic carbocycles. The van der Waals surface area contributed by atoms with Crippen molar-refractivity contribution in [3.8, 4) is 0 Å². The molecule has 1 heterocycles. The van der Waals surface area contributed by atoms with E-state index in [9.17, 15) is 0 Å². The molecule has 0 amide bonds. The second-order valence-corrected chi connectivity index (χ2v) is 6.34. The highest BCUT2D eigenvalue weighted by atomic mass is 16.7. The fraction of sp³-hybridized carbons (Fsp3) is 0.429. The quantitative estimate of drug-likeness (QED) is 0.695. The third-order valence-electron chi connectivity index (χ3n) is 4.45. The summed E-state index contributed by atoms with van der Waals surface area (Å²) in [4.78, 5) is 0. The Balaban J connectivity index is 1.44. The molecular weight excluding hydrogens is 316 g/mol. The summed E-state index contributed by atoms with van der Waals surface area (Å²) in [6, 6.07) is 20.4. The molecule has 4 heteroatoms. The number of hydrogen-bond acceptors (Lipinski definition) is 4. The van der Waals surface area contributed by atoms with E-state index in [1.54, 1.807) is 7.11 Å². The van der Waals surface area contributed by atoms with Gasteiger partial charge in [-0.25, -0.2) is 0 Å². The van der Waals surface area contributed by atoms with Gasteiger partial charge in [0.25, 0.3) is 0 Å². The standard InChI is InChI=1S/C21H26O4/c1-22-21-12-19(15-23-13-17-8-4-2-5-9-17)20(25-21)16-24-14-18-10-6-3-7-11-18/h2-11,19-21H,12-16H2,1H3/t19-,20+,21-/m0/s1. The Labute approximate surface area is 149 Å². The molecule has 3 rings (SSSR count). The maximum Gasteiger partial charge on any atom is 0.158 e. The van der Waals surface area contributed by atoms with Crippen molar-refractivity contribution in [2.75, 3.05) is 20.3 Å². The number of benzene rings is 2. The van der Waals surface area contributed by atoms with E-state index in [0.29, 0.717) is 26.4 Å². The predicted octanol–water partition coefficient (Wildman–Crippen LogP) is 3.80. The van der Waals surface area contributed by atoms with Crippen molar-refractivity contribution in [3.63, 3.8) is 0 Å². The first-order valence-electron chi connectivity index (χ1n) is 8.76. The van der Waals surface area contributed by atoms with Crippen molar-refractivity contribution < 1.29 is 18.9 Å². The van der Waals surface area contributed by atoms with E-state index in [4.69, 9.17) is 18.9 Å². The molecule has 134 valence electrons. The van der Waals surface area contributed by atoms with Crippen LogP contribution in [0, 0.1) is 5.92 Å². The van der Waals surface area contributed by atoms with E-state index in [0.717, 1.165) is 6.42 Å². The first-order valence-corrected chi connectivity index (χ1v) is 8.76. The molecule has 0 spiro atoms. The average Bonchev–Trinajstić information content (AvgIpc) is 3.06. The molecule has 1 saturated heterocycles. The second-order valence-electron chi connectivity index (χ2n) is 6.34. The topological polar surface area (TPSA) is 36.9 Å². The van der Waals surface area contributed by atoms with Crippen LogP contribution >= 0.6 is 0 Å². The lowest BCUT2D eigenvalue weighted by Gasteiger charge is -2.18. The van der Waals surface area contributed by atoms with E-state index < -0.39 is 0 Å². The summed E-state index contributed by atoms with van der Waals surface area (Å²) in [5.41, 5.74) is 2.35. The van der Waals surface area contributed by atoms with Crippen molar-refractivity contribution in [2.24, 2.45) is 5.92 Å². The van der Waals surface area contributed by atoms with Gasteiger partial charge in [-0.05, 0) is 11.1 Å². The predicted molar refractivity (Wildman–Crippen MR) is 96.0 cm³/mol. The van der Waals surface area contributed by atoms with Gasteiger partial charge in [0.1, 0.15) is 0 Å². The highest BCUT2D eigenvalue weighted by Crippen LogP contribution is 2.28. The highest BCUT2D eigenvalue weighted by Gasteiger charge is 2.35. The number of hydrogen-bond donors (Lipinski definition) is 0. The van der Waals surface area contributed by atoms with Gasteiger partial charge in [0, 0.05) is 19.4 Å². The molecule has 0 aliphatic carbocycles. The van der Waals surface area contributed by atoms with E-state index in [-0.39, 0.29) is 18.3 Å². The smallest absolute Gasteiger partial charge is 0.158 e. The van der Waals surface area contributed by atoms with E-state index >= 15 is 0 Å². The normalized spacial score (nSPS) is 23.0. The van der Waals surface area contributed by atoms with Crippen LogP contribution in [0.25, 0.3) is 0 Å². The van der Waals surface area contributed by atoms with Crippen LogP contribution in [0.4, 0.5) is 0 Å². The van der Waals surface area contributed by atoms with E-state index in [1.807, 2.05) is 36.4 Å². The fourth-order valence-electron chi connectivity index (χ4n) is 3.03. The number of methoxy groups -OCH3 is 1. The lowest BCUT2D eigenvalue weighted by molar-refractivity contribution is -0.132. The molecule has 0 radical (unpaired) electrons. The van der Waals surface area contributed by atoms with Crippen LogP contribution in [0.2, 0.25) is 0 Å². The van der Waals surface area contributed by atoms with Crippen LogP contribution in [0.3, 0.4) is 0 Å². The van der Waals surface area contributed by atoms with E-state index in [1.165, 1.54) is 11.1 Å². The first kappa shape index (κ1) is 18.1. The van der Waals surface area contributed by atoms with Gasteiger partial charge in [0.15, 0.2) is 6.29 Å². The molecule has 3 atom stereocenters. The molecule has 0 aromatic heterocycles. The van der Waals surface area contributed by atoms with Gasteiger partial charge < -0.3 is 18.9 Å². The molecular formula is C21H26O4. The minimum Gasteiger partial charge on any atom is -0.376 e. The fourth-order valence-corrected chi connectivity index (χ4v) is 3.03. The summed E-state index contributed by atoms with van der Waals surface area (Å²) in [6.07, 6.45) is 0.671. The van der Waals surface area contributed by atoms with Crippen molar-refractivity contribution in [1.29, 1.82) is 0 Å². The molecule has 0 N–H and O–H groups in total. The SMILES string of the molecule is CO[C@@H]1C[C@@H](COCc2ccccc2)[C@@H](COCc2ccccc2)O1. The molecule has 0 saturated carbocycles. The Bertz CT molecular complexity index is 548. The molecule has 1 aliphatic rings. The lowest BCUT2D eigenvalue weighted by Crippen LogP contribution is -2.26. The average molecular weight is 342 g/mol. The third kappa shape index (κ3) is 5.65. The Morgan fingerprint density at radius 2 is 1.40 bits per heavy atom. The van der Waals surface area contributed by atoms with Crippen LogP contribution in [0.5, 0.6) is 0 Å². The van der Waals surface area contributed by atoms with E-state index in [2.05, 4.69) is 24.3 Å². The highest BCUT2D eigenvalue weighted by molar-refractivity contribution is 5.14. The second kappa shape index (κ2) is 9.68. The summed E-state index contributed by atoms with van der Waals surface area (Å²) >= 11 is 0. The van der Waals surface area contributed by atoms with Gasteiger partial charge >= 0.3 is 0 Å². The number of ether oxygens (including phenoxy) is 4. The van der Waals surface area contributed by atoms with Crippen LogP contribution in [-0.4, -0.2) is 32.7 Å². The molecule has 0 unspecified atom stereocenters. The summed E-state index contributed by atoms with van der Waals surface area (Å²) in [7, 11) is 1.68. The maximum absolute atomic E-state index is 5.94. The summed E-state index contributed by atoms with van der Waals surface area (Å²) in [5, 5.41) is 0. The molecule has 25 heavy (non-hydrogen) atoms. The van der Waals surface area contributed by atoms with Gasteiger partial charge in [-0.3, -0.25) is 0 Å². The third-order valence-corrected chi connectivity index (χ3v) is 4.45. The largest absolute Gasteiger partial charge is 0.376 e. The zero-order chi connectivity index (χ0) is 17.3. The lowest BCUT2D eigenvalue weighted by atomic mass is 10.0. The monoisotopic (exact) mass is 342 g/mol. The molecule has 1 aliphatic heterocycles. The Kier molecular flexibility index (Phi) is 7.00. The summed E-state index contributed by atoms with van der Waals surface area (Å²) in [6.45, 7) is 2.41. The van der Waals surface area contributed by atoms with Gasteiger partial charge in [-0.1, -0.05) is 60.7 Å². The molecule has 2 aromatic rings. The maximum atomic E-state index is 5.94. The minimum atomic E-state index is -0.171. The van der Waals surface area contributed by atoms with Gasteiger partial charge in [0.2, 0.25) is 0 Å². The van der Waals surface area contributed by atoms with Crippen LogP contribution < -0.4 is 0 Å². The van der Waals surface area contributed by atoms with Crippen molar-refractivity contribution >= 4 is 0 Å². The van der Waals surface area contributed by atoms with Crippen LogP contribution in [-0.2, 0) is 32.2 Å². The van der Waals surface area contributed by atoms with Gasteiger partial charge in [0.05, 0.1) is 32.5 Å². The number of rotatable bonds is 9.